The quantitative estimate of drug-likeness (QED) is 0.588. The van der Waals surface area contributed by atoms with Crippen LogP contribution in [-0.2, 0) is 9.47 Å². The molecule has 0 unspecified atom stereocenters. The number of nitrogens with one attached hydrogen (secondary N) is 1. The number of rotatable bonds is 5. The Labute approximate surface area is 163 Å². The molecule has 0 saturated carbocycles. The minimum atomic E-state index is 0.204. The third kappa shape index (κ3) is 4.68. The number of hydrogen-bond acceptors (Lipinski definition) is 9. The Morgan fingerprint density at radius 3 is 2.39 bits per heavy atom. The molecule has 0 spiro atoms. The fraction of sp³-hybridized carbons (Fsp3) is 0.421. The van der Waals surface area contributed by atoms with Gasteiger partial charge in [0.25, 0.3) is 0 Å². The first-order valence-corrected chi connectivity index (χ1v) is 9.40. The molecular formula is C19H24N6O3. The lowest BCUT2D eigenvalue weighted by molar-refractivity contribution is 0.121. The number of morpholine rings is 2. The second-order valence-electron chi connectivity index (χ2n) is 6.58. The Kier molecular flexibility index (Phi) is 5.83. The topological polar surface area (TPSA) is 95.3 Å². The van der Waals surface area contributed by atoms with E-state index >= 15 is 0 Å². The van der Waals surface area contributed by atoms with Crippen molar-refractivity contribution in [2.24, 2.45) is 5.10 Å². The number of aromatic hydroxyl groups is 1. The van der Waals surface area contributed by atoms with Gasteiger partial charge in [0.1, 0.15) is 11.6 Å². The normalized spacial score (nSPS) is 17.9. The summed E-state index contributed by atoms with van der Waals surface area (Å²) in [5.74, 6) is 2.35. The van der Waals surface area contributed by atoms with Gasteiger partial charge in [0.05, 0.1) is 32.6 Å². The molecule has 9 heteroatoms. The maximum Gasteiger partial charge on any atom is 0.229 e. The van der Waals surface area contributed by atoms with E-state index in [4.69, 9.17) is 14.5 Å². The van der Waals surface area contributed by atoms with Gasteiger partial charge in [-0.1, -0.05) is 12.1 Å². The summed E-state index contributed by atoms with van der Waals surface area (Å²) in [6, 6.07) is 8.80. The van der Waals surface area contributed by atoms with E-state index in [9.17, 15) is 5.11 Å². The maximum absolute atomic E-state index is 9.56. The average molecular weight is 384 g/mol. The summed E-state index contributed by atoms with van der Waals surface area (Å²) in [6.07, 6.45) is 1.64. The van der Waals surface area contributed by atoms with Crippen LogP contribution in [-0.4, -0.2) is 73.9 Å². The lowest BCUT2D eigenvalue weighted by Crippen LogP contribution is -2.39. The Bertz CT molecular complexity index is 783. The number of benzene rings is 1. The average Bonchev–Trinajstić information content (AvgIpc) is 2.75. The number of phenols is 1. The summed E-state index contributed by atoms with van der Waals surface area (Å²) >= 11 is 0. The number of ether oxygens (including phenoxy) is 2. The van der Waals surface area contributed by atoms with Gasteiger partial charge in [-0.15, -0.1) is 0 Å². The van der Waals surface area contributed by atoms with Gasteiger partial charge in [-0.05, 0) is 17.7 Å². The first kappa shape index (κ1) is 18.5. The van der Waals surface area contributed by atoms with Crippen LogP contribution in [0.1, 0.15) is 5.56 Å². The molecule has 0 aliphatic carbocycles. The summed E-state index contributed by atoms with van der Waals surface area (Å²) in [6.45, 7) is 5.84. The van der Waals surface area contributed by atoms with Crippen LogP contribution < -0.4 is 15.2 Å². The molecule has 0 bridgehead atoms. The third-order valence-corrected chi connectivity index (χ3v) is 4.59. The SMILES string of the molecule is Oc1cccc(/C=N\Nc2cc(N3CCOCC3)nc(N3CCOCC3)n2)c1. The predicted octanol–water partition coefficient (Wildman–Crippen LogP) is 1.30. The van der Waals surface area contributed by atoms with Crippen LogP contribution in [0.4, 0.5) is 17.6 Å². The summed E-state index contributed by atoms with van der Waals surface area (Å²) in [5.41, 5.74) is 3.79. The first-order chi connectivity index (χ1) is 13.8. The van der Waals surface area contributed by atoms with Gasteiger partial charge in [-0.25, -0.2) is 0 Å². The fourth-order valence-corrected chi connectivity index (χ4v) is 3.12. The minimum absolute atomic E-state index is 0.204. The van der Waals surface area contributed by atoms with Crippen LogP contribution in [0, 0.1) is 0 Å². The Balaban J connectivity index is 1.55. The van der Waals surface area contributed by atoms with Crippen LogP contribution in [0.3, 0.4) is 0 Å². The van der Waals surface area contributed by atoms with Crippen LogP contribution in [0.2, 0.25) is 0 Å². The van der Waals surface area contributed by atoms with E-state index in [0.717, 1.165) is 37.6 Å². The molecule has 0 amide bonds. The van der Waals surface area contributed by atoms with Crippen LogP contribution in [0.5, 0.6) is 5.75 Å². The molecule has 28 heavy (non-hydrogen) atoms. The maximum atomic E-state index is 9.56. The van der Waals surface area contributed by atoms with Crippen LogP contribution in [0.25, 0.3) is 0 Å². The number of anilines is 3. The van der Waals surface area contributed by atoms with Crippen molar-refractivity contribution in [1.82, 2.24) is 9.97 Å². The van der Waals surface area contributed by atoms with E-state index in [1.165, 1.54) is 0 Å². The molecule has 0 atom stereocenters. The van der Waals surface area contributed by atoms with Crippen molar-refractivity contribution in [2.75, 3.05) is 67.8 Å². The van der Waals surface area contributed by atoms with Gasteiger partial charge in [-0.2, -0.15) is 15.1 Å². The molecule has 9 nitrogen and oxygen atoms in total. The van der Waals surface area contributed by atoms with Crippen molar-refractivity contribution in [3.05, 3.63) is 35.9 Å². The van der Waals surface area contributed by atoms with Crippen molar-refractivity contribution >= 4 is 23.8 Å². The fourth-order valence-electron chi connectivity index (χ4n) is 3.12. The van der Waals surface area contributed by atoms with Gasteiger partial charge < -0.3 is 24.4 Å². The molecule has 0 radical (unpaired) electrons. The largest absolute Gasteiger partial charge is 0.508 e. The first-order valence-electron chi connectivity index (χ1n) is 9.40. The smallest absolute Gasteiger partial charge is 0.229 e. The van der Waals surface area contributed by atoms with Gasteiger partial charge in [0, 0.05) is 32.2 Å². The summed E-state index contributed by atoms with van der Waals surface area (Å²) in [5, 5.41) is 13.8. The van der Waals surface area contributed by atoms with Gasteiger partial charge >= 0.3 is 0 Å². The number of phenolic OH excluding ortho intramolecular Hbond substituents is 1. The second kappa shape index (κ2) is 8.85. The highest BCUT2D eigenvalue weighted by Crippen LogP contribution is 2.22. The molecule has 2 aromatic rings. The zero-order valence-electron chi connectivity index (χ0n) is 15.6. The number of aromatic nitrogens is 2. The van der Waals surface area contributed by atoms with E-state index in [1.807, 2.05) is 12.1 Å². The number of hydrazone groups is 1. The molecule has 3 heterocycles. The van der Waals surface area contributed by atoms with Gasteiger partial charge in [0.2, 0.25) is 5.95 Å². The van der Waals surface area contributed by atoms with Crippen molar-refractivity contribution in [3.63, 3.8) is 0 Å². The Morgan fingerprint density at radius 1 is 0.964 bits per heavy atom. The predicted molar refractivity (Wildman–Crippen MR) is 107 cm³/mol. The van der Waals surface area contributed by atoms with E-state index in [2.05, 4.69) is 25.3 Å². The van der Waals surface area contributed by atoms with Crippen LogP contribution >= 0.6 is 0 Å². The van der Waals surface area contributed by atoms with Crippen LogP contribution in [0.15, 0.2) is 35.4 Å². The molecular weight excluding hydrogens is 360 g/mol. The van der Waals surface area contributed by atoms with E-state index in [1.54, 1.807) is 24.4 Å². The van der Waals surface area contributed by atoms with Crippen molar-refractivity contribution in [3.8, 4) is 5.75 Å². The molecule has 2 saturated heterocycles. The second-order valence-corrected chi connectivity index (χ2v) is 6.58. The number of nitrogens with zero attached hydrogens (tertiary/aromatic N) is 5. The van der Waals surface area contributed by atoms with E-state index in [-0.39, 0.29) is 5.75 Å². The zero-order chi connectivity index (χ0) is 19.2. The molecule has 2 N–H and O–H groups in total. The lowest BCUT2D eigenvalue weighted by atomic mass is 10.2. The van der Waals surface area contributed by atoms with Crippen molar-refractivity contribution in [1.29, 1.82) is 0 Å². The molecule has 148 valence electrons. The van der Waals surface area contributed by atoms with Crippen molar-refractivity contribution < 1.29 is 14.6 Å². The van der Waals surface area contributed by atoms with Gasteiger partial charge in [0.15, 0.2) is 5.82 Å². The standard InChI is InChI=1S/C19H24N6O3/c26-16-3-1-2-15(12-16)14-20-23-17-13-18(24-4-8-27-9-5-24)22-19(21-17)25-6-10-28-11-7-25/h1-3,12-14,26H,4-11H2,(H,21,22,23)/b20-14-. The molecule has 2 fully saturated rings. The van der Waals surface area contributed by atoms with E-state index in [0.29, 0.717) is 38.2 Å². The summed E-state index contributed by atoms with van der Waals surface area (Å²) in [4.78, 5) is 13.7. The minimum Gasteiger partial charge on any atom is -0.508 e. The molecule has 2 aliphatic heterocycles. The highest BCUT2D eigenvalue weighted by atomic mass is 16.5. The van der Waals surface area contributed by atoms with Gasteiger partial charge in [-0.3, -0.25) is 5.43 Å². The molecule has 1 aromatic carbocycles. The zero-order valence-corrected chi connectivity index (χ0v) is 15.6. The highest BCUT2D eigenvalue weighted by molar-refractivity contribution is 5.80. The third-order valence-electron chi connectivity index (χ3n) is 4.59. The summed E-state index contributed by atoms with van der Waals surface area (Å²) in [7, 11) is 0. The monoisotopic (exact) mass is 384 g/mol. The molecule has 1 aromatic heterocycles. The Morgan fingerprint density at radius 2 is 1.68 bits per heavy atom. The summed E-state index contributed by atoms with van der Waals surface area (Å²) < 4.78 is 10.9. The molecule has 4 rings (SSSR count). The molecule has 2 aliphatic rings. The lowest BCUT2D eigenvalue weighted by Gasteiger charge is -2.31. The highest BCUT2D eigenvalue weighted by Gasteiger charge is 2.19. The Hall–Kier alpha value is -2.91. The van der Waals surface area contributed by atoms with Crippen molar-refractivity contribution in [2.45, 2.75) is 0 Å². The number of hydrogen-bond donors (Lipinski definition) is 2. The van der Waals surface area contributed by atoms with E-state index < -0.39 is 0 Å².